The monoisotopic (exact) mass is 361 g/mol. The zero-order chi connectivity index (χ0) is 18.7. The molecule has 26 heavy (non-hydrogen) atoms. The Kier molecular flexibility index (Phi) is 4.70. The Hall–Kier alpha value is -3.23. The van der Waals surface area contributed by atoms with Crippen molar-refractivity contribution in [2.45, 2.75) is 12.7 Å². The molecule has 1 N–H and O–H groups in total. The van der Waals surface area contributed by atoms with Crippen LogP contribution in [0.5, 0.6) is 0 Å². The summed E-state index contributed by atoms with van der Waals surface area (Å²) in [6.07, 6.45) is 1.52. The standard InChI is InChI=1S/C17H14F3N5O/c1-25-10-13(9-24-25)14-4-2-11(6-21-14)7-23-16(26)12-3-5-15(22-8-12)17(18,19)20/h2-6,8-10H,7H2,1H3,(H,23,26). The van der Waals surface area contributed by atoms with Crippen LogP contribution in [0.1, 0.15) is 21.6 Å². The molecule has 0 aliphatic heterocycles. The molecule has 0 radical (unpaired) electrons. The van der Waals surface area contributed by atoms with Gasteiger partial charge in [-0.3, -0.25) is 19.4 Å². The number of nitrogens with zero attached hydrogens (tertiary/aromatic N) is 4. The molecule has 0 aromatic carbocycles. The molecule has 0 atom stereocenters. The van der Waals surface area contributed by atoms with Crippen molar-refractivity contribution in [1.82, 2.24) is 25.1 Å². The Labute approximate surface area is 146 Å². The predicted molar refractivity (Wildman–Crippen MR) is 86.8 cm³/mol. The summed E-state index contributed by atoms with van der Waals surface area (Å²) in [4.78, 5) is 19.6. The average molecular weight is 361 g/mol. The summed E-state index contributed by atoms with van der Waals surface area (Å²) in [6, 6.07) is 5.48. The van der Waals surface area contributed by atoms with E-state index in [1.54, 1.807) is 29.2 Å². The Morgan fingerprint density at radius 3 is 2.46 bits per heavy atom. The summed E-state index contributed by atoms with van der Waals surface area (Å²) in [5.41, 5.74) is 1.40. The molecule has 3 aromatic heterocycles. The highest BCUT2D eigenvalue weighted by Crippen LogP contribution is 2.27. The van der Waals surface area contributed by atoms with E-state index in [2.05, 4.69) is 20.4 Å². The number of halogens is 3. The Morgan fingerprint density at radius 1 is 1.12 bits per heavy atom. The maximum absolute atomic E-state index is 12.5. The molecule has 6 nitrogen and oxygen atoms in total. The van der Waals surface area contributed by atoms with Gasteiger partial charge < -0.3 is 5.32 Å². The number of hydrogen-bond donors (Lipinski definition) is 1. The van der Waals surface area contributed by atoms with Crippen molar-refractivity contribution in [1.29, 1.82) is 0 Å². The highest BCUT2D eigenvalue weighted by Gasteiger charge is 2.32. The summed E-state index contributed by atoms with van der Waals surface area (Å²) in [7, 11) is 1.81. The van der Waals surface area contributed by atoms with Crippen molar-refractivity contribution in [3.05, 3.63) is 65.9 Å². The van der Waals surface area contributed by atoms with E-state index < -0.39 is 17.8 Å². The van der Waals surface area contributed by atoms with Crippen LogP contribution in [-0.4, -0.2) is 25.7 Å². The smallest absolute Gasteiger partial charge is 0.348 e. The van der Waals surface area contributed by atoms with Gasteiger partial charge in [0.05, 0.1) is 17.5 Å². The van der Waals surface area contributed by atoms with Crippen molar-refractivity contribution >= 4 is 5.91 Å². The van der Waals surface area contributed by atoms with E-state index in [9.17, 15) is 18.0 Å². The van der Waals surface area contributed by atoms with Gasteiger partial charge in [-0.05, 0) is 23.8 Å². The number of alkyl halides is 3. The molecule has 0 bridgehead atoms. The minimum atomic E-state index is -4.53. The molecule has 0 aliphatic carbocycles. The van der Waals surface area contributed by atoms with E-state index in [0.717, 1.165) is 35.2 Å². The normalized spacial score (nSPS) is 11.4. The minimum absolute atomic E-state index is 0.0536. The lowest BCUT2D eigenvalue weighted by Crippen LogP contribution is -2.23. The van der Waals surface area contributed by atoms with Crippen LogP contribution >= 0.6 is 0 Å². The lowest BCUT2D eigenvalue weighted by molar-refractivity contribution is -0.141. The van der Waals surface area contributed by atoms with Crippen LogP contribution in [-0.2, 0) is 19.8 Å². The van der Waals surface area contributed by atoms with Gasteiger partial charge in [-0.25, -0.2) is 0 Å². The van der Waals surface area contributed by atoms with E-state index in [1.165, 1.54) is 0 Å². The SMILES string of the molecule is Cn1cc(-c2ccc(CNC(=O)c3ccc(C(F)(F)F)nc3)cn2)cn1. The van der Waals surface area contributed by atoms with Gasteiger partial charge in [-0.2, -0.15) is 18.3 Å². The fraction of sp³-hybridized carbons (Fsp3) is 0.176. The second-order valence-electron chi connectivity index (χ2n) is 5.57. The highest BCUT2D eigenvalue weighted by molar-refractivity contribution is 5.93. The number of carbonyl (C=O) groups is 1. The van der Waals surface area contributed by atoms with Crippen LogP contribution in [0.3, 0.4) is 0 Å². The lowest BCUT2D eigenvalue weighted by atomic mass is 10.2. The van der Waals surface area contributed by atoms with Gasteiger partial charge in [0.25, 0.3) is 5.91 Å². The summed E-state index contributed by atoms with van der Waals surface area (Å²) < 4.78 is 39.1. The Balaban J connectivity index is 1.61. The number of pyridine rings is 2. The second kappa shape index (κ2) is 6.95. The van der Waals surface area contributed by atoms with Gasteiger partial charge in [-0.1, -0.05) is 6.07 Å². The van der Waals surface area contributed by atoms with Crippen molar-refractivity contribution in [2.75, 3.05) is 0 Å². The van der Waals surface area contributed by atoms with Crippen LogP contribution in [0.25, 0.3) is 11.3 Å². The molecule has 3 rings (SSSR count). The first-order valence-electron chi connectivity index (χ1n) is 7.58. The largest absolute Gasteiger partial charge is 0.433 e. The van der Waals surface area contributed by atoms with E-state index in [1.807, 2.05) is 13.2 Å². The molecular weight excluding hydrogens is 347 g/mol. The molecule has 0 spiro atoms. The van der Waals surface area contributed by atoms with Crippen molar-refractivity contribution < 1.29 is 18.0 Å². The highest BCUT2D eigenvalue weighted by atomic mass is 19.4. The van der Waals surface area contributed by atoms with E-state index in [0.29, 0.717) is 0 Å². The molecule has 1 amide bonds. The van der Waals surface area contributed by atoms with Crippen LogP contribution in [0.4, 0.5) is 13.2 Å². The third-order valence-electron chi connectivity index (χ3n) is 3.59. The van der Waals surface area contributed by atoms with Crippen molar-refractivity contribution in [3.8, 4) is 11.3 Å². The molecule has 134 valence electrons. The summed E-state index contributed by atoms with van der Waals surface area (Å²) in [5.74, 6) is -0.512. The number of hydrogen-bond acceptors (Lipinski definition) is 4. The van der Waals surface area contributed by atoms with E-state index in [-0.39, 0.29) is 12.1 Å². The van der Waals surface area contributed by atoms with Gasteiger partial charge in [0.15, 0.2) is 0 Å². The van der Waals surface area contributed by atoms with Gasteiger partial charge in [-0.15, -0.1) is 0 Å². The molecule has 0 saturated heterocycles. The topological polar surface area (TPSA) is 72.7 Å². The minimum Gasteiger partial charge on any atom is -0.348 e. The van der Waals surface area contributed by atoms with Gasteiger partial charge in [0.1, 0.15) is 5.69 Å². The maximum atomic E-state index is 12.5. The average Bonchev–Trinajstić information content (AvgIpc) is 3.06. The number of rotatable bonds is 4. The lowest BCUT2D eigenvalue weighted by Gasteiger charge is -2.08. The molecular formula is C17H14F3N5O. The molecule has 0 fully saturated rings. The van der Waals surface area contributed by atoms with Crippen LogP contribution in [0, 0.1) is 0 Å². The number of aryl methyl sites for hydroxylation is 1. The van der Waals surface area contributed by atoms with E-state index in [4.69, 9.17) is 0 Å². The fourth-order valence-electron chi connectivity index (χ4n) is 2.23. The van der Waals surface area contributed by atoms with Gasteiger partial charge >= 0.3 is 6.18 Å². The van der Waals surface area contributed by atoms with Crippen molar-refractivity contribution in [3.63, 3.8) is 0 Å². The Morgan fingerprint density at radius 2 is 1.92 bits per heavy atom. The van der Waals surface area contributed by atoms with Crippen molar-refractivity contribution in [2.24, 2.45) is 7.05 Å². The number of amides is 1. The quantitative estimate of drug-likeness (QED) is 0.776. The molecule has 0 aliphatic rings. The van der Waals surface area contributed by atoms with Crippen LogP contribution in [0.15, 0.2) is 49.1 Å². The first kappa shape index (κ1) is 17.6. The summed E-state index contributed by atoms with van der Waals surface area (Å²) in [6.45, 7) is 0.195. The summed E-state index contributed by atoms with van der Waals surface area (Å²) >= 11 is 0. The zero-order valence-corrected chi connectivity index (χ0v) is 13.7. The first-order valence-corrected chi connectivity index (χ1v) is 7.58. The first-order chi connectivity index (χ1) is 12.3. The summed E-state index contributed by atoms with van der Waals surface area (Å²) in [5, 5.41) is 6.69. The maximum Gasteiger partial charge on any atom is 0.433 e. The van der Waals surface area contributed by atoms with Gasteiger partial charge in [0, 0.05) is 37.7 Å². The third kappa shape index (κ3) is 4.05. The number of aromatic nitrogens is 4. The predicted octanol–water partition coefficient (Wildman–Crippen LogP) is 2.83. The number of nitrogens with one attached hydrogen (secondary N) is 1. The number of carbonyl (C=O) groups excluding carboxylic acids is 1. The molecule has 0 unspecified atom stereocenters. The molecule has 3 heterocycles. The third-order valence-corrected chi connectivity index (χ3v) is 3.59. The fourth-order valence-corrected chi connectivity index (χ4v) is 2.23. The molecule has 0 saturated carbocycles. The van der Waals surface area contributed by atoms with Gasteiger partial charge in [0.2, 0.25) is 0 Å². The van der Waals surface area contributed by atoms with E-state index >= 15 is 0 Å². The molecule has 9 heteroatoms. The molecule has 3 aromatic rings. The second-order valence-corrected chi connectivity index (χ2v) is 5.57. The zero-order valence-electron chi connectivity index (χ0n) is 13.7. The Bertz CT molecular complexity index is 901. The van der Waals surface area contributed by atoms with Crippen LogP contribution in [0.2, 0.25) is 0 Å². The van der Waals surface area contributed by atoms with Crippen LogP contribution < -0.4 is 5.32 Å².